The summed E-state index contributed by atoms with van der Waals surface area (Å²) in [6, 6.07) is 12.3. The van der Waals surface area contributed by atoms with Gasteiger partial charge in [0, 0.05) is 55.9 Å². The SMILES string of the molecule is CC(=O)N1CC2=C(C1=O)C(c1ccc3c(c1)n(C)c(=O)n3C)c1cn(C(C)C)c3cccc(c13)N2. The van der Waals surface area contributed by atoms with Crippen molar-refractivity contribution in [2.75, 3.05) is 11.9 Å². The maximum atomic E-state index is 13.7. The maximum Gasteiger partial charge on any atom is 0.328 e. The second kappa shape index (κ2) is 7.21. The molecule has 178 valence electrons. The molecule has 4 heterocycles. The zero-order valence-corrected chi connectivity index (χ0v) is 20.4. The van der Waals surface area contributed by atoms with Gasteiger partial charge in [-0.2, -0.15) is 0 Å². The van der Waals surface area contributed by atoms with Gasteiger partial charge in [0.25, 0.3) is 5.91 Å². The van der Waals surface area contributed by atoms with Crippen molar-refractivity contribution >= 4 is 39.4 Å². The first kappa shape index (κ1) is 21.5. The van der Waals surface area contributed by atoms with Gasteiger partial charge in [0.15, 0.2) is 0 Å². The van der Waals surface area contributed by atoms with Gasteiger partial charge in [-0.1, -0.05) is 12.1 Å². The first-order chi connectivity index (χ1) is 16.7. The molecule has 0 radical (unpaired) electrons. The van der Waals surface area contributed by atoms with Crippen LogP contribution in [-0.4, -0.2) is 37.0 Å². The van der Waals surface area contributed by atoms with Gasteiger partial charge in [-0.3, -0.25) is 23.6 Å². The van der Waals surface area contributed by atoms with Crippen molar-refractivity contribution in [2.45, 2.75) is 32.7 Å². The molecule has 0 fully saturated rings. The molecule has 2 aromatic carbocycles. The Bertz CT molecular complexity index is 1680. The Balaban J connectivity index is 1.69. The molecule has 2 aliphatic heterocycles. The monoisotopic (exact) mass is 469 g/mol. The van der Waals surface area contributed by atoms with Crippen LogP contribution in [0, 0.1) is 0 Å². The molecule has 8 heteroatoms. The minimum Gasteiger partial charge on any atom is -0.356 e. The number of aryl methyl sites for hydroxylation is 2. The predicted molar refractivity (Wildman–Crippen MR) is 135 cm³/mol. The predicted octanol–water partition coefficient (Wildman–Crippen LogP) is 3.61. The summed E-state index contributed by atoms with van der Waals surface area (Å²) in [7, 11) is 3.52. The number of benzene rings is 2. The van der Waals surface area contributed by atoms with Crippen molar-refractivity contribution in [1.82, 2.24) is 18.6 Å². The fraction of sp³-hybridized carbons (Fsp3) is 0.296. The zero-order chi connectivity index (χ0) is 24.8. The van der Waals surface area contributed by atoms with E-state index in [0.717, 1.165) is 44.4 Å². The van der Waals surface area contributed by atoms with Crippen LogP contribution in [0.5, 0.6) is 0 Å². The van der Waals surface area contributed by atoms with E-state index in [2.05, 4.69) is 36.0 Å². The molecule has 0 spiro atoms. The molecule has 2 aliphatic rings. The highest BCUT2D eigenvalue weighted by Crippen LogP contribution is 2.47. The summed E-state index contributed by atoms with van der Waals surface area (Å²) in [4.78, 5) is 39.9. The van der Waals surface area contributed by atoms with Crippen molar-refractivity contribution in [3.63, 3.8) is 0 Å². The van der Waals surface area contributed by atoms with Crippen LogP contribution in [0.4, 0.5) is 5.69 Å². The third-order valence-corrected chi connectivity index (χ3v) is 7.46. The van der Waals surface area contributed by atoms with Crippen molar-refractivity contribution in [2.24, 2.45) is 14.1 Å². The molecule has 0 saturated heterocycles. The van der Waals surface area contributed by atoms with Gasteiger partial charge in [0.1, 0.15) is 0 Å². The number of aromatic nitrogens is 3. The van der Waals surface area contributed by atoms with Crippen LogP contribution in [0.25, 0.3) is 21.9 Å². The average molecular weight is 470 g/mol. The van der Waals surface area contributed by atoms with Crippen molar-refractivity contribution < 1.29 is 9.59 Å². The number of carbonyl (C=O) groups is 2. The van der Waals surface area contributed by atoms with Crippen molar-refractivity contribution in [1.29, 1.82) is 0 Å². The minimum atomic E-state index is -0.389. The third-order valence-electron chi connectivity index (χ3n) is 7.46. The number of rotatable bonds is 2. The number of amides is 2. The number of imide groups is 1. The van der Waals surface area contributed by atoms with E-state index < -0.39 is 0 Å². The second-order valence-electron chi connectivity index (χ2n) is 9.79. The average Bonchev–Trinajstić information content (AvgIpc) is 3.40. The molecule has 0 aliphatic carbocycles. The lowest BCUT2D eigenvalue weighted by molar-refractivity contribution is -0.139. The first-order valence-corrected chi connectivity index (χ1v) is 11.8. The Morgan fingerprint density at radius 3 is 2.49 bits per heavy atom. The molecule has 6 rings (SSSR count). The maximum absolute atomic E-state index is 13.7. The molecule has 2 aromatic heterocycles. The Morgan fingerprint density at radius 1 is 1.03 bits per heavy atom. The molecule has 0 saturated carbocycles. The Morgan fingerprint density at radius 2 is 1.77 bits per heavy atom. The van der Waals surface area contributed by atoms with E-state index in [-0.39, 0.29) is 36.0 Å². The molecule has 1 atom stereocenters. The van der Waals surface area contributed by atoms with Crippen molar-refractivity contribution in [3.05, 3.63) is 75.5 Å². The van der Waals surface area contributed by atoms with E-state index in [1.165, 1.54) is 11.8 Å². The van der Waals surface area contributed by atoms with Crippen molar-refractivity contribution in [3.8, 4) is 0 Å². The number of hydrogen-bond donors (Lipinski definition) is 1. The number of anilines is 1. The molecule has 1 N–H and O–H groups in total. The number of nitrogens with zero attached hydrogens (tertiary/aromatic N) is 4. The van der Waals surface area contributed by atoms with Crippen LogP contribution < -0.4 is 11.0 Å². The lowest BCUT2D eigenvalue weighted by Crippen LogP contribution is -2.33. The Labute approximate surface area is 202 Å². The molecule has 0 bridgehead atoms. The quantitative estimate of drug-likeness (QED) is 0.486. The van der Waals surface area contributed by atoms with E-state index >= 15 is 0 Å². The fourth-order valence-electron chi connectivity index (χ4n) is 5.71. The van der Waals surface area contributed by atoms with Crippen LogP contribution in [-0.2, 0) is 23.7 Å². The Kier molecular flexibility index (Phi) is 4.42. The third kappa shape index (κ3) is 2.82. The van der Waals surface area contributed by atoms with Gasteiger partial charge in [-0.25, -0.2) is 4.79 Å². The smallest absolute Gasteiger partial charge is 0.328 e. The lowest BCUT2D eigenvalue weighted by atomic mass is 9.84. The molecule has 4 aromatic rings. The van der Waals surface area contributed by atoms with Gasteiger partial charge in [-0.15, -0.1) is 0 Å². The molecule has 35 heavy (non-hydrogen) atoms. The molecule has 8 nitrogen and oxygen atoms in total. The molecule has 1 unspecified atom stereocenters. The summed E-state index contributed by atoms with van der Waals surface area (Å²) in [6.45, 7) is 5.92. The van der Waals surface area contributed by atoms with E-state index in [1.807, 2.05) is 30.3 Å². The number of fused-ring (bicyclic) bond motifs is 1. The number of hydrogen-bond acceptors (Lipinski definition) is 4. The van der Waals surface area contributed by atoms with Crippen LogP contribution in [0.2, 0.25) is 0 Å². The summed E-state index contributed by atoms with van der Waals surface area (Å²) in [5.74, 6) is -0.937. The van der Waals surface area contributed by atoms with Crippen LogP contribution in [0.1, 0.15) is 43.9 Å². The zero-order valence-electron chi connectivity index (χ0n) is 20.4. The number of imidazole rings is 1. The minimum absolute atomic E-state index is 0.0991. The first-order valence-electron chi connectivity index (χ1n) is 11.8. The summed E-state index contributed by atoms with van der Waals surface area (Å²) in [5.41, 5.74) is 6.81. The van der Waals surface area contributed by atoms with Gasteiger partial charge >= 0.3 is 5.69 Å². The number of nitrogens with one attached hydrogen (secondary N) is 1. The second-order valence-corrected chi connectivity index (χ2v) is 9.79. The fourth-order valence-corrected chi connectivity index (χ4v) is 5.71. The highest BCUT2D eigenvalue weighted by Gasteiger charge is 2.41. The molecule has 2 amide bonds. The molecular weight excluding hydrogens is 442 g/mol. The van der Waals surface area contributed by atoms with Gasteiger partial charge < -0.3 is 9.88 Å². The van der Waals surface area contributed by atoms with E-state index in [0.29, 0.717) is 5.57 Å². The van der Waals surface area contributed by atoms with E-state index in [9.17, 15) is 14.4 Å². The van der Waals surface area contributed by atoms with Crippen LogP contribution in [0.15, 0.2) is 58.7 Å². The normalized spacial score (nSPS) is 17.5. The van der Waals surface area contributed by atoms with Crippen LogP contribution in [0.3, 0.4) is 0 Å². The molecular formula is C27H27N5O3. The largest absolute Gasteiger partial charge is 0.356 e. The summed E-state index contributed by atoms with van der Waals surface area (Å²) in [6.07, 6.45) is 2.14. The number of carbonyl (C=O) groups excluding carboxylic acids is 2. The topological polar surface area (TPSA) is 81.3 Å². The van der Waals surface area contributed by atoms with Crippen LogP contribution >= 0.6 is 0 Å². The standard InChI is InChI=1S/C27H27N5O3/c1-14(2)31-12-17-23(16-9-10-20-22(11-16)30(5)27(35)29(20)4)25-19(13-32(15(3)33)26(25)34)28-18-7-6-8-21(31)24(17)18/h6-12,14,23,28H,13H2,1-5H3. The lowest BCUT2D eigenvalue weighted by Gasteiger charge is -2.20. The summed E-state index contributed by atoms with van der Waals surface area (Å²) < 4.78 is 5.48. The summed E-state index contributed by atoms with van der Waals surface area (Å²) >= 11 is 0. The van der Waals surface area contributed by atoms with Gasteiger partial charge in [0.05, 0.1) is 28.7 Å². The van der Waals surface area contributed by atoms with E-state index in [4.69, 9.17) is 0 Å². The Hall–Kier alpha value is -4.07. The van der Waals surface area contributed by atoms with Gasteiger partial charge in [0.2, 0.25) is 5.91 Å². The highest BCUT2D eigenvalue weighted by atomic mass is 16.2. The summed E-state index contributed by atoms with van der Waals surface area (Å²) in [5, 5.41) is 4.58. The highest BCUT2D eigenvalue weighted by molar-refractivity contribution is 6.11. The van der Waals surface area contributed by atoms with E-state index in [1.54, 1.807) is 23.2 Å². The van der Waals surface area contributed by atoms with Gasteiger partial charge in [-0.05, 0) is 49.2 Å².